The molecule has 0 unspecified atom stereocenters. The van der Waals surface area contributed by atoms with E-state index in [4.69, 9.17) is 9.84 Å². The van der Waals surface area contributed by atoms with Gasteiger partial charge in [0.2, 0.25) is 0 Å². The van der Waals surface area contributed by atoms with Gasteiger partial charge in [0.25, 0.3) is 5.91 Å². The molecule has 7 nitrogen and oxygen atoms in total. The lowest BCUT2D eigenvalue weighted by molar-refractivity contribution is -0.154. The minimum Gasteiger partial charge on any atom is -0.479 e. The number of carboxylic acids is 1. The fourth-order valence-corrected chi connectivity index (χ4v) is 2.10. The van der Waals surface area contributed by atoms with Crippen molar-refractivity contribution in [3.63, 3.8) is 0 Å². The number of hydrogen-bond acceptors (Lipinski definition) is 5. The predicted octanol–water partition coefficient (Wildman–Crippen LogP) is 0.110. The topological polar surface area (TPSA) is 92.6 Å². The number of aliphatic carboxylic acids is 1. The van der Waals surface area contributed by atoms with Gasteiger partial charge in [-0.1, -0.05) is 0 Å². The molecule has 0 aromatic carbocycles. The molecule has 1 aromatic rings. The molecule has 1 amide bonds. The Kier molecular flexibility index (Phi) is 4.62. The summed E-state index contributed by atoms with van der Waals surface area (Å²) in [5.74, 6) is -1.19. The number of likely N-dealkylation sites (N-methyl/N-ethyl adjacent to an activating group) is 1. The van der Waals surface area contributed by atoms with Crippen molar-refractivity contribution < 1.29 is 19.4 Å². The van der Waals surface area contributed by atoms with Crippen molar-refractivity contribution in [1.29, 1.82) is 0 Å². The van der Waals surface area contributed by atoms with E-state index in [1.54, 1.807) is 30.5 Å². The van der Waals surface area contributed by atoms with E-state index in [-0.39, 0.29) is 5.91 Å². The number of rotatable bonds is 5. The van der Waals surface area contributed by atoms with E-state index in [1.807, 2.05) is 0 Å². The summed E-state index contributed by atoms with van der Waals surface area (Å²) in [6, 6.07) is 0. The van der Waals surface area contributed by atoms with E-state index in [0.29, 0.717) is 25.8 Å². The summed E-state index contributed by atoms with van der Waals surface area (Å²) in [5, 5.41) is 8.84. The number of nitrogens with zero attached hydrogens (tertiary/aromatic N) is 3. The second-order valence-corrected chi connectivity index (χ2v) is 4.74. The second-order valence-electron chi connectivity index (χ2n) is 4.74. The molecule has 20 heavy (non-hydrogen) atoms. The molecule has 1 N–H and O–H groups in total. The summed E-state index contributed by atoms with van der Waals surface area (Å²) in [6.07, 6.45) is 4.77. The predicted molar refractivity (Wildman–Crippen MR) is 68.9 cm³/mol. The molecule has 0 bridgehead atoms. The van der Waals surface area contributed by atoms with Gasteiger partial charge in [0.15, 0.2) is 6.10 Å². The SMILES string of the molecule is CN(CCc1cnccn1)C(=O)[C@@H]1CC[C@H](C(=O)O)O1. The standard InChI is InChI=1S/C13H17N3O4/c1-16(7-4-9-8-14-5-6-15-9)12(17)10-2-3-11(20-10)13(18)19/h5-6,8,10-11H,2-4,7H2,1H3,(H,18,19)/t10-,11+/m0/s1. The zero-order valence-corrected chi connectivity index (χ0v) is 11.2. The van der Waals surface area contributed by atoms with Gasteiger partial charge in [-0.2, -0.15) is 0 Å². The van der Waals surface area contributed by atoms with Gasteiger partial charge in [0.1, 0.15) is 6.10 Å². The zero-order chi connectivity index (χ0) is 14.5. The minimum absolute atomic E-state index is 0.183. The van der Waals surface area contributed by atoms with Gasteiger partial charge >= 0.3 is 5.97 Å². The normalized spacial score (nSPS) is 21.6. The average molecular weight is 279 g/mol. The molecular weight excluding hydrogens is 262 g/mol. The van der Waals surface area contributed by atoms with Crippen LogP contribution in [0.2, 0.25) is 0 Å². The lowest BCUT2D eigenvalue weighted by atomic mass is 10.2. The van der Waals surface area contributed by atoms with Crippen molar-refractivity contribution in [1.82, 2.24) is 14.9 Å². The van der Waals surface area contributed by atoms with Crippen LogP contribution < -0.4 is 0 Å². The van der Waals surface area contributed by atoms with Gasteiger partial charge in [-0.05, 0) is 12.8 Å². The Balaban J connectivity index is 1.82. The van der Waals surface area contributed by atoms with Crippen molar-refractivity contribution >= 4 is 11.9 Å². The maximum atomic E-state index is 12.1. The molecule has 0 aliphatic carbocycles. The Bertz CT molecular complexity index is 480. The van der Waals surface area contributed by atoms with E-state index in [2.05, 4.69) is 9.97 Å². The number of carbonyl (C=O) groups is 2. The van der Waals surface area contributed by atoms with E-state index in [0.717, 1.165) is 5.69 Å². The summed E-state index contributed by atoms with van der Waals surface area (Å²) in [6.45, 7) is 0.495. The fraction of sp³-hybridized carbons (Fsp3) is 0.538. The van der Waals surface area contributed by atoms with Gasteiger partial charge in [0, 0.05) is 38.6 Å². The van der Waals surface area contributed by atoms with Crippen LogP contribution >= 0.6 is 0 Å². The number of hydrogen-bond donors (Lipinski definition) is 1. The highest BCUT2D eigenvalue weighted by molar-refractivity contribution is 5.82. The Hall–Kier alpha value is -2.02. The number of ether oxygens (including phenoxy) is 1. The van der Waals surface area contributed by atoms with E-state index in [9.17, 15) is 9.59 Å². The van der Waals surface area contributed by atoms with Gasteiger partial charge in [0.05, 0.1) is 5.69 Å². The molecule has 1 fully saturated rings. The van der Waals surface area contributed by atoms with Crippen LogP contribution in [0.1, 0.15) is 18.5 Å². The largest absolute Gasteiger partial charge is 0.479 e. The first-order valence-corrected chi connectivity index (χ1v) is 6.46. The van der Waals surface area contributed by atoms with Crippen molar-refractivity contribution in [2.45, 2.75) is 31.5 Å². The summed E-state index contributed by atoms with van der Waals surface area (Å²) in [7, 11) is 1.68. The summed E-state index contributed by atoms with van der Waals surface area (Å²) in [5.41, 5.74) is 0.808. The van der Waals surface area contributed by atoms with Crippen LogP contribution in [0.3, 0.4) is 0 Å². The third-order valence-corrected chi connectivity index (χ3v) is 3.27. The molecule has 1 aliphatic rings. The summed E-state index contributed by atoms with van der Waals surface area (Å²) >= 11 is 0. The first-order chi connectivity index (χ1) is 9.58. The molecule has 0 radical (unpaired) electrons. The number of amides is 1. The molecular formula is C13H17N3O4. The fourth-order valence-electron chi connectivity index (χ4n) is 2.10. The van der Waals surface area contributed by atoms with Crippen LogP contribution in [-0.2, 0) is 20.7 Å². The Morgan fingerprint density at radius 2 is 2.15 bits per heavy atom. The third kappa shape index (κ3) is 3.51. The lowest BCUT2D eigenvalue weighted by Crippen LogP contribution is -2.38. The smallest absolute Gasteiger partial charge is 0.332 e. The van der Waals surface area contributed by atoms with E-state index < -0.39 is 18.2 Å². The van der Waals surface area contributed by atoms with Crippen molar-refractivity contribution in [2.75, 3.05) is 13.6 Å². The maximum absolute atomic E-state index is 12.1. The summed E-state index contributed by atoms with van der Waals surface area (Å²) < 4.78 is 5.24. The number of carbonyl (C=O) groups excluding carboxylic acids is 1. The molecule has 7 heteroatoms. The van der Waals surface area contributed by atoms with Gasteiger partial charge in [-0.25, -0.2) is 4.79 Å². The van der Waals surface area contributed by atoms with Crippen LogP contribution in [0.15, 0.2) is 18.6 Å². The lowest BCUT2D eigenvalue weighted by Gasteiger charge is -2.20. The highest BCUT2D eigenvalue weighted by Crippen LogP contribution is 2.21. The first kappa shape index (κ1) is 14.4. The highest BCUT2D eigenvalue weighted by atomic mass is 16.5. The minimum atomic E-state index is -1.01. The van der Waals surface area contributed by atoms with Crippen LogP contribution in [0.5, 0.6) is 0 Å². The molecule has 1 aliphatic heterocycles. The maximum Gasteiger partial charge on any atom is 0.332 e. The quantitative estimate of drug-likeness (QED) is 0.822. The van der Waals surface area contributed by atoms with Crippen LogP contribution in [-0.4, -0.2) is 57.7 Å². The van der Waals surface area contributed by atoms with Crippen LogP contribution in [0, 0.1) is 0 Å². The van der Waals surface area contributed by atoms with Gasteiger partial charge in [-0.15, -0.1) is 0 Å². The van der Waals surface area contributed by atoms with Crippen molar-refractivity contribution in [3.05, 3.63) is 24.3 Å². The Labute approximate surface area is 116 Å². The molecule has 2 heterocycles. The molecule has 0 saturated carbocycles. The van der Waals surface area contributed by atoms with Gasteiger partial charge in [-0.3, -0.25) is 14.8 Å². The van der Waals surface area contributed by atoms with Crippen LogP contribution in [0.25, 0.3) is 0 Å². The van der Waals surface area contributed by atoms with Gasteiger partial charge < -0.3 is 14.7 Å². The van der Waals surface area contributed by atoms with E-state index >= 15 is 0 Å². The molecule has 1 aromatic heterocycles. The van der Waals surface area contributed by atoms with Crippen molar-refractivity contribution in [3.8, 4) is 0 Å². The second kappa shape index (κ2) is 6.42. The molecule has 2 atom stereocenters. The molecule has 0 spiro atoms. The third-order valence-electron chi connectivity index (χ3n) is 3.27. The zero-order valence-electron chi connectivity index (χ0n) is 11.2. The monoisotopic (exact) mass is 279 g/mol. The molecule has 1 saturated heterocycles. The number of aromatic nitrogens is 2. The van der Waals surface area contributed by atoms with Crippen LogP contribution in [0.4, 0.5) is 0 Å². The van der Waals surface area contributed by atoms with E-state index in [1.165, 1.54) is 0 Å². The molecule has 2 rings (SSSR count). The highest BCUT2D eigenvalue weighted by Gasteiger charge is 2.35. The first-order valence-electron chi connectivity index (χ1n) is 6.46. The summed E-state index contributed by atoms with van der Waals surface area (Å²) in [4.78, 5) is 32.5. The Morgan fingerprint density at radius 3 is 2.75 bits per heavy atom. The average Bonchev–Trinajstić information content (AvgIpc) is 2.95. The number of carboxylic acid groups (broad SMARTS) is 1. The molecule has 108 valence electrons. The van der Waals surface area contributed by atoms with Crippen molar-refractivity contribution in [2.24, 2.45) is 0 Å². The Morgan fingerprint density at radius 1 is 1.40 bits per heavy atom.